The summed E-state index contributed by atoms with van der Waals surface area (Å²) < 4.78 is 5.03. The molecule has 2 aliphatic heterocycles. The number of nitrogens with zero attached hydrogens (tertiary/aromatic N) is 4. The Morgan fingerprint density at radius 2 is 1.67 bits per heavy atom. The van der Waals surface area contributed by atoms with Gasteiger partial charge in [0.15, 0.2) is 0 Å². The lowest BCUT2D eigenvalue weighted by Crippen LogP contribution is -2.42. The summed E-state index contributed by atoms with van der Waals surface area (Å²) in [6.45, 7) is 5.15. The number of carbonyl (C=O) groups excluding carboxylic acids is 2. The van der Waals surface area contributed by atoms with Gasteiger partial charge in [-0.2, -0.15) is 0 Å². The van der Waals surface area contributed by atoms with Crippen molar-refractivity contribution in [2.75, 3.05) is 38.1 Å². The third kappa shape index (κ3) is 5.30. The van der Waals surface area contributed by atoms with Gasteiger partial charge < -0.3 is 19.9 Å². The minimum atomic E-state index is -0.247. The SMILES string of the molecule is CCOC(=O)N1CCC(Nc2ncc(C(=O)N3CCCCCC3)cn2)CC1. The molecule has 0 radical (unpaired) electrons. The van der Waals surface area contributed by atoms with Gasteiger partial charge in [0.05, 0.1) is 12.2 Å². The van der Waals surface area contributed by atoms with Crippen molar-refractivity contribution in [3.8, 4) is 0 Å². The highest BCUT2D eigenvalue weighted by molar-refractivity contribution is 5.93. The third-order valence-corrected chi connectivity index (χ3v) is 5.15. The van der Waals surface area contributed by atoms with Crippen LogP contribution in [0.4, 0.5) is 10.7 Å². The highest BCUT2D eigenvalue weighted by atomic mass is 16.6. The molecule has 8 heteroatoms. The smallest absolute Gasteiger partial charge is 0.409 e. The van der Waals surface area contributed by atoms with Crippen LogP contribution in [0.1, 0.15) is 55.8 Å². The van der Waals surface area contributed by atoms with Crippen molar-refractivity contribution in [1.82, 2.24) is 19.8 Å². The fourth-order valence-electron chi connectivity index (χ4n) is 3.57. The van der Waals surface area contributed by atoms with E-state index in [0.717, 1.165) is 38.8 Å². The van der Waals surface area contributed by atoms with Gasteiger partial charge in [-0.05, 0) is 32.6 Å². The van der Waals surface area contributed by atoms with Gasteiger partial charge in [0.1, 0.15) is 0 Å². The molecule has 27 heavy (non-hydrogen) atoms. The molecule has 2 amide bonds. The molecule has 2 fully saturated rings. The number of aromatic nitrogens is 2. The fourth-order valence-corrected chi connectivity index (χ4v) is 3.57. The Morgan fingerprint density at radius 1 is 1.04 bits per heavy atom. The van der Waals surface area contributed by atoms with Gasteiger partial charge in [-0.25, -0.2) is 14.8 Å². The molecule has 0 aromatic carbocycles. The van der Waals surface area contributed by atoms with Gasteiger partial charge in [-0.3, -0.25) is 4.79 Å². The van der Waals surface area contributed by atoms with Crippen molar-refractivity contribution in [2.24, 2.45) is 0 Å². The van der Waals surface area contributed by atoms with Crippen molar-refractivity contribution in [2.45, 2.75) is 51.5 Å². The van der Waals surface area contributed by atoms with Gasteiger partial charge in [-0.15, -0.1) is 0 Å². The van der Waals surface area contributed by atoms with Crippen LogP contribution >= 0.6 is 0 Å². The standard InChI is InChI=1S/C19H29N5O3/c1-2-27-19(26)24-11-7-16(8-12-24)22-18-20-13-15(14-21-18)17(25)23-9-5-3-4-6-10-23/h13-14,16H,2-12H2,1H3,(H,20,21,22). The number of amides is 2. The molecule has 0 aliphatic carbocycles. The van der Waals surface area contributed by atoms with Crippen LogP contribution in [0.3, 0.4) is 0 Å². The van der Waals surface area contributed by atoms with E-state index in [-0.39, 0.29) is 18.0 Å². The summed E-state index contributed by atoms with van der Waals surface area (Å²) in [4.78, 5) is 36.6. The number of ether oxygens (including phenoxy) is 1. The summed E-state index contributed by atoms with van der Waals surface area (Å²) in [5.74, 6) is 0.545. The Kier molecular flexibility index (Phi) is 6.84. The van der Waals surface area contributed by atoms with Crippen molar-refractivity contribution >= 4 is 17.9 Å². The van der Waals surface area contributed by atoms with Gasteiger partial charge in [-0.1, -0.05) is 12.8 Å². The molecule has 2 saturated heterocycles. The first kappa shape index (κ1) is 19.4. The second-order valence-corrected chi connectivity index (χ2v) is 7.11. The van der Waals surface area contributed by atoms with E-state index in [1.807, 2.05) is 11.8 Å². The molecule has 0 unspecified atom stereocenters. The first-order chi connectivity index (χ1) is 13.2. The van der Waals surface area contributed by atoms with Crippen LogP contribution in [0.15, 0.2) is 12.4 Å². The minimum Gasteiger partial charge on any atom is -0.450 e. The zero-order valence-electron chi connectivity index (χ0n) is 16.0. The lowest BCUT2D eigenvalue weighted by Gasteiger charge is -2.31. The van der Waals surface area contributed by atoms with Crippen molar-refractivity contribution in [1.29, 1.82) is 0 Å². The van der Waals surface area contributed by atoms with E-state index in [1.54, 1.807) is 17.3 Å². The Bertz CT molecular complexity index is 621. The minimum absolute atomic E-state index is 0.0196. The van der Waals surface area contributed by atoms with Crippen LogP contribution in [-0.4, -0.2) is 70.6 Å². The first-order valence-corrected chi connectivity index (χ1v) is 9.97. The number of anilines is 1. The van der Waals surface area contributed by atoms with Crippen LogP contribution in [0.2, 0.25) is 0 Å². The molecule has 3 heterocycles. The fraction of sp³-hybridized carbons (Fsp3) is 0.684. The summed E-state index contributed by atoms with van der Waals surface area (Å²) in [7, 11) is 0. The number of piperidine rings is 1. The van der Waals surface area contributed by atoms with E-state index in [1.165, 1.54) is 12.8 Å². The molecule has 148 valence electrons. The number of rotatable bonds is 4. The highest BCUT2D eigenvalue weighted by Gasteiger charge is 2.24. The second-order valence-electron chi connectivity index (χ2n) is 7.11. The average Bonchev–Trinajstić information content (AvgIpc) is 2.98. The monoisotopic (exact) mass is 375 g/mol. The number of hydrogen-bond donors (Lipinski definition) is 1. The van der Waals surface area contributed by atoms with Crippen molar-refractivity contribution < 1.29 is 14.3 Å². The molecule has 0 spiro atoms. The lowest BCUT2D eigenvalue weighted by molar-refractivity contribution is 0.0760. The summed E-state index contributed by atoms with van der Waals surface area (Å²) in [6, 6.07) is 0.211. The van der Waals surface area contributed by atoms with E-state index in [9.17, 15) is 9.59 Å². The molecular weight excluding hydrogens is 346 g/mol. The van der Waals surface area contributed by atoms with Gasteiger partial charge >= 0.3 is 6.09 Å². The quantitative estimate of drug-likeness (QED) is 0.870. The van der Waals surface area contributed by atoms with Gasteiger partial charge in [0.2, 0.25) is 5.95 Å². The van der Waals surface area contributed by atoms with Crippen LogP contribution in [-0.2, 0) is 4.74 Å². The normalized spacial score (nSPS) is 18.7. The number of nitrogens with one attached hydrogen (secondary N) is 1. The predicted molar refractivity (Wildman–Crippen MR) is 102 cm³/mol. The topological polar surface area (TPSA) is 87.7 Å². The molecule has 1 N–H and O–H groups in total. The zero-order valence-corrected chi connectivity index (χ0v) is 16.0. The van der Waals surface area contributed by atoms with Crippen LogP contribution in [0, 0.1) is 0 Å². The first-order valence-electron chi connectivity index (χ1n) is 9.97. The van der Waals surface area contributed by atoms with E-state index >= 15 is 0 Å². The molecule has 0 bridgehead atoms. The van der Waals surface area contributed by atoms with Gasteiger partial charge in [0, 0.05) is 44.6 Å². The highest BCUT2D eigenvalue weighted by Crippen LogP contribution is 2.16. The molecule has 0 saturated carbocycles. The van der Waals surface area contributed by atoms with Crippen LogP contribution in [0.5, 0.6) is 0 Å². The Morgan fingerprint density at radius 3 is 2.26 bits per heavy atom. The van der Waals surface area contributed by atoms with E-state index < -0.39 is 0 Å². The summed E-state index contributed by atoms with van der Waals surface area (Å²) in [5.41, 5.74) is 0.541. The van der Waals surface area contributed by atoms with Crippen LogP contribution in [0.25, 0.3) is 0 Å². The maximum absolute atomic E-state index is 12.6. The Labute approximate surface area is 160 Å². The largest absolute Gasteiger partial charge is 0.450 e. The molecule has 2 aliphatic rings. The Balaban J connectivity index is 1.49. The molecule has 8 nitrogen and oxygen atoms in total. The summed E-state index contributed by atoms with van der Waals surface area (Å²) in [6.07, 6.45) is 9.12. The number of carbonyl (C=O) groups is 2. The maximum Gasteiger partial charge on any atom is 0.409 e. The van der Waals surface area contributed by atoms with Crippen LogP contribution < -0.4 is 5.32 Å². The van der Waals surface area contributed by atoms with E-state index in [0.29, 0.717) is 31.2 Å². The average molecular weight is 375 g/mol. The molecule has 0 atom stereocenters. The second kappa shape index (κ2) is 9.53. The molecule has 1 aromatic rings. The summed E-state index contributed by atoms with van der Waals surface area (Å²) >= 11 is 0. The summed E-state index contributed by atoms with van der Waals surface area (Å²) in [5, 5.41) is 3.30. The van der Waals surface area contributed by atoms with Crippen molar-refractivity contribution in [3.05, 3.63) is 18.0 Å². The predicted octanol–water partition coefficient (Wildman–Crippen LogP) is 2.53. The van der Waals surface area contributed by atoms with E-state index in [4.69, 9.17) is 4.74 Å². The molecule has 1 aromatic heterocycles. The third-order valence-electron chi connectivity index (χ3n) is 5.15. The van der Waals surface area contributed by atoms with E-state index in [2.05, 4.69) is 15.3 Å². The Hall–Kier alpha value is -2.38. The molecule has 3 rings (SSSR count). The number of hydrogen-bond acceptors (Lipinski definition) is 6. The van der Waals surface area contributed by atoms with Gasteiger partial charge in [0.25, 0.3) is 5.91 Å². The lowest BCUT2D eigenvalue weighted by atomic mass is 10.1. The maximum atomic E-state index is 12.6. The van der Waals surface area contributed by atoms with Crippen molar-refractivity contribution in [3.63, 3.8) is 0 Å². The molecular formula is C19H29N5O3. The zero-order chi connectivity index (χ0) is 19.1. The number of likely N-dealkylation sites (tertiary alicyclic amines) is 2.